The topological polar surface area (TPSA) is 93.4 Å². The number of likely N-dealkylation sites (N-methyl/N-ethyl adjacent to an activating group) is 1. The van der Waals surface area contributed by atoms with E-state index in [4.69, 9.17) is 33.7 Å². The third-order valence-corrected chi connectivity index (χ3v) is 5.96. The van der Waals surface area contributed by atoms with Crippen LogP contribution in [0.15, 0.2) is 17.7 Å². The summed E-state index contributed by atoms with van der Waals surface area (Å²) < 4.78 is 5.98. The Morgan fingerprint density at radius 1 is 1.21 bits per heavy atom. The molecule has 0 atom stereocenters. The number of hydrogen-bond acceptors (Lipinski definition) is 6. The SMILES string of the molecule is CC.CCNC(=O)/C(C)=C/c1c(C)nc(N)nc1-c1cc(OCCN2CCCC2)c(Cl)cc1Cl. The molecule has 34 heavy (non-hydrogen) atoms. The van der Waals surface area contributed by atoms with Crippen LogP contribution in [-0.4, -0.2) is 53.6 Å². The number of nitrogens with two attached hydrogens (primary N) is 1. The Bertz CT molecular complexity index is 1020. The zero-order valence-electron chi connectivity index (χ0n) is 20.7. The van der Waals surface area contributed by atoms with Gasteiger partial charge in [-0.2, -0.15) is 0 Å². The van der Waals surface area contributed by atoms with Gasteiger partial charge < -0.3 is 15.8 Å². The van der Waals surface area contributed by atoms with Crippen molar-refractivity contribution in [3.05, 3.63) is 39.0 Å². The summed E-state index contributed by atoms with van der Waals surface area (Å²) in [7, 11) is 0. The van der Waals surface area contributed by atoms with Crippen LogP contribution in [0.5, 0.6) is 5.75 Å². The molecule has 0 spiro atoms. The van der Waals surface area contributed by atoms with Gasteiger partial charge in [0.15, 0.2) is 0 Å². The van der Waals surface area contributed by atoms with Gasteiger partial charge in [0.25, 0.3) is 0 Å². The fourth-order valence-corrected chi connectivity index (χ4v) is 4.20. The highest BCUT2D eigenvalue weighted by molar-refractivity contribution is 6.37. The summed E-state index contributed by atoms with van der Waals surface area (Å²) in [5.41, 5.74) is 8.90. The average molecular weight is 508 g/mol. The van der Waals surface area contributed by atoms with E-state index in [2.05, 4.69) is 20.2 Å². The fraction of sp³-hybridized carbons (Fsp3) is 0.480. The monoisotopic (exact) mass is 507 g/mol. The smallest absolute Gasteiger partial charge is 0.246 e. The molecule has 0 saturated carbocycles. The summed E-state index contributed by atoms with van der Waals surface area (Å²) in [4.78, 5) is 23.3. The van der Waals surface area contributed by atoms with E-state index in [1.807, 2.05) is 27.7 Å². The summed E-state index contributed by atoms with van der Waals surface area (Å²) in [6.07, 6.45) is 4.20. The van der Waals surface area contributed by atoms with Crippen LogP contribution in [-0.2, 0) is 4.79 Å². The van der Waals surface area contributed by atoms with Crippen LogP contribution in [0.4, 0.5) is 5.95 Å². The number of aromatic nitrogens is 2. The van der Waals surface area contributed by atoms with Gasteiger partial charge in [0.05, 0.1) is 21.4 Å². The van der Waals surface area contributed by atoms with Crippen molar-refractivity contribution in [3.8, 4) is 17.0 Å². The first-order valence-electron chi connectivity index (χ1n) is 11.7. The minimum absolute atomic E-state index is 0.118. The number of likely N-dealkylation sites (tertiary alicyclic amines) is 1. The lowest BCUT2D eigenvalue weighted by atomic mass is 10.0. The third-order valence-electron chi connectivity index (χ3n) is 5.35. The van der Waals surface area contributed by atoms with Crippen LogP contribution in [0, 0.1) is 6.92 Å². The quantitative estimate of drug-likeness (QED) is 0.465. The van der Waals surface area contributed by atoms with E-state index in [0.29, 0.717) is 57.0 Å². The van der Waals surface area contributed by atoms with Gasteiger partial charge in [-0.15, -0.1) is 0 Å². The first-order chi connectivity index (χ1) is 16.3. The first-order valence-corrected chi connectivity index (χ1v) is 12.5. The lowest BCUT2D eigenvalue weighted by Crippen LogP contribution is -2.25. The Morgan fingerprint density at radius 2 is 1.88 bits per heavy atom. The second-order valence-electron chi connectivity index (χ2n) is 7.78. The number of aryl methyl sites for hydroxylation is 1. The van der Waals surface area contributed by atoms with Gasteiger partial charge in [-0.3, -0.25) is 9.69 Å². The second-order valence-corrected chi connectivity index (χ2v) is 8.59. The summed E-state index contributed by atoms with van der Waals surface area (Å²) in [5.74, 6) is 0.478. The number of rotatable bonds is 8. The van der Waals surface area contributed by atoms with Crippen molar-refractivity contribution >= 4 is 41.1 Å². The number of halogens is 2. The Kier molecular flexibility index (Phi) is 11.1. The molecule has 9 heteroatoms. The van der Waals surface area contributed by atoms with Gasteiger partial charge >= 0.3 is 0 Å². The zero-order valence-corrected chi connectivity index (χ0v) is 22.2. The third kappa shape index (κ3) is 7.32. The van der Waals surface area contributed by atoms with Gasteiger partial charge in [0.2, 0.25) is 11.9 Å². The summed E-state index contributed by atoms with van der Waals surface area (Å²) in [6, 6.07) is 3.41. The number of anilines is 1. The van der Waals surface area contributed by atoms with Crippen LogP contribution in [0.25, 0.3) is 17.3 Å². The predicted molar refractivity (Wildman–Crippen MR) is 141 cm³/mol. The Balaban J connectivity index is 0.00000199. The van der Waals surface area contributed by atoms with Gasteiger partial charge in [-0.05, 0) is 64.9 Å². The van der Waals surface area contributed by atoms with Crippen LogP contribution in [0.1, 0.15) is 51.8 Å². The fourth-order valence-electron chi connectivity index (χ4n) is 3.68. The number of benzene rings is 1. The predicted octanol–water partition coefficient (Wildman–Crippen LogP) is 5.38. The van der Waals surface area contributed by atoms with Gasteiger partial charge in [-0.25, -0.2) is 9.97 Å². The molecule has 7 nitrogen and oxygen atoms in total. The van der Waals surface area contributed by atoms with Crippen molar-refractivity contribution in [3.63, 3.8) is 0 Å². The van der Waals surface area contributed by atoms with Gasteiger partial charge in [-0.1, -0.05) is 37.0 Å². The van der Waals surface area contributed by atoms with Crippen LogP contribution >= 0.6 is 23.2 Å². The molecule has 1 aromatic heterocycles. The van der Waals surface area contributed by atoms with E-state index in [1.165, 1.54) is 12.8 Å². The molecule has 1 aliphatic heterocycles. The van der Waals surface area contributed by atoms with E-state index < -0.39 is 0 Å². The lowest BCUT2D eigenvalue weighted by Gasteiger charge is -2.17. The molecule has 1 saturated heterocycles. The molecule has 0 bridgehead atoms. The molecule has 2 heterocycles. The van der Waals surface area contributed by atoms with Crippen molar-refractivity contribution in [2.75, 3.05) is 38.5 Å². The number of carbonyl (C=O) groups is 1. The average Bonchev–Trinajstić information content (AvgIpc) is 3.32. The molecule has 1 aromatic carbocycles. The molecule has 186 valence electrons. The molecule has 0 radical (unpaired) electrons. The van der Waals surface area contributed by atoms with Gasteiger partial charge in [0.1, 0.15) is 12.4 Å². The number of nitrogens with one attached hydrogen (secondary N) is 1. The number of amides is 1. The van der Waals surface area contributed by atoms with Crippen molar-refractivity contribution < 1.29 is 9.53 Å². The molecule has 3 rings (SSSR count). The van der Waals surface area contributed by atoms with Crippen LogP contribution in [0.2, 0.25) is 10.0 Å². The molecule has 1 amide bonds. The summed E-state index contributed by atoms with van der Waals surface area (Å²) in [6.45, 7) is 13.5. The highest BCUT2D eigenvalue weighted by atomic mass is 35.5. The van der Waals surface area contributed by atoms with E-state index >= 15 is 0 Å². The summed E-state index contributed by atoms with van der Waals surface area (Å²) >= 11 is 13.0. The van der Waals surface area contributed by atoms with Crippen molar-refractivity contribution in [1.29, 1.82) is 0 Å². The standard InChI is InChI=1S/C23H29Cl2N5O2.C2H6/c1-4-27-22(31)14(2)11-16-15(3)28-23(26)29-21(16)17-12-20(19(25)13-18(17)24)32-10-9-30-7-5-6-8-30;1-2/h11-13H,4-10H2,1-3H3,(H,27,31)(H2,26,28,29);1-2H3/b14-11+;. The number of ether oxygens (including phenoxy) is 1. The van der Waals surface area contributed by atoms with E-state index in [9.17, 15) is 4.79 Å². The highest BCUT2D eigenvalue weighted by Crippen LogP contribution is 2.38. The molecule has 2 aromatic rings. The Hall–Kier alpha value is -2.35. The van der Waals surface area contributed by atoms with Crippen LogP contribution in [0.3, 0.4) is 0 Å². The maximum atomic E-state index is 12.3. The second kappa shape index (κ2) is 13.5. The minimum Gasteiger partial charge on any atom is -0.491 e. The zero-order chi connectivity index (χ0) is 25.3. The number of nitrogen functional groups attached to an aromatic ring is 1. The minimum atomic E-state index is -0.164. The highest BCUT2D eigenvalue weighted by Gasteiger charge is 2.18. The van der Waals surface area contributed by atoms with Crippen LogP contribution < -0.4 is 15.8 Å². The summed E-state index contributed by atoms with van der Waals surface area (Å²) in [5, 5.41) is 3.62. The molecule has 1 fully saturated rings. The Morgan fingerprint density at radius 3 is 2.53 bits per heavy atom. The van der Waals surface area contributed by atoms with Gasteiger partial charge in [0, 0.05) is 29.8 Å². The maximum absolute atomic E-state index is 12.3. The first kappa shape index (κ1) is 27.9. The molecular formula is C25H35Cl2N5O2. The normalized spacial score (nSPS) is 13.9. The lowest BCUT2D eigenvalue weighted by molar-refractivity contribution is -0.117. The Labute approximate surface area is 212 Å². The molecule has 0 unspecified atom stereocenters. The molecule has 1 aliphatic rings. The van der Waals surface area contributed by atoms with E-state index in [1.54, 1.807) is 25.1 Å². The van der Waals surface area contributed by atoms with Crippen molar-refractivity contribution in [2.24, 2.45) is 0 Å². The number of nitrogens with zero attached hydrogens (tertiary/aromatic N) is 3. The number of hydrogen-bond donors (Lipinski definition) is 2. The largest absolute Gasteiger partial charge is 0.491 e. The van der Waals surface area contributed by atoms with Crippen molar-refractivity contribution in [1.82, 2.24) is 20.2 Å². The number of carbonyl (C=O) groups excluding carboxylic acids is 1. The molecule has 0 aliphatic carbocycles. The van der Waals surface area contributed by atoms with E-state index in [-0.39, 0.29) is 11.9 Å². The van der Waals surface area contributed by atoms with E-state index in [0.717, 1.165) is 19.6 Å². The molecular weight excluding hydrogens is 473 g/mol. The molecule has 3 N–H and O–H groups in total. The maximum Gasteiger partial charge on any atom is 0.246 e. The van der Waals surface area contributed by atoms with Crippen molar-refractivity contribution in [2.45, 2.75) is 47.5 Å².